The molecule has 0 fully saturated rings. The normalized spacial score (nSPS) is 10.8. The molecule has 0 radical (unpaired) electrons. The molecule has 5 rings (SSSR count). The molecular formula is C33H28. The van der Waals surface area contributed by atoms with Crippen LogP contribution < -0.4 is 0 Å². The van der Waals surface area contributed by atoms with Crippen LogP contribution >= 0.6 is 0 Å². The van der Waals surface area contributed by atoms with Gasteiger partial charge in [0.2, 0.25) is 0 Å². The van der Waals surface area contributed by atoms with Gasteiger partial charge < -0.3 is 0 Å². The van der Waals surface area contributed by atoms with E-state index in [-0.39, 0.29) is 0 Å². The summed E-state index contributed by atoms with van der Waals surface area (Å²) in [5.74, 6) is 0. The largest absolute Gasteiger partial charge is 0.0622 e. The molecule has 0 amide bonds. The first-order valence-corrected chi connectivity index (χ1v) is 11.7. The molecule has 0 nitrogen and oxygen atoms in total. The van der Waals surface area contributed by atoms with E-state index in [0.29, 0.717) is 0 Å². The van der Waals surface area contributed by atoms with E-state index < -0.39 is 0 Å². The Morgan fingerprint density at radius 3 is 1.06 bits per heavy atom. The Hall–Kier alpha value is -3.90. The van der Waals surface area contributed by atoms with Crippen LogP contribution in [0.2, 0.25) is 0 Å². The zero-order chi connectivity index (χ0) is 22.6. The van der Waals surface area contributed by atoms with Crippen molar-refractivity contribution in [2.45, 2.75) is 20.3 Å². The quantitative estimate of drug-likeness (QED) is 0.264. The molecule has 0 spiro atoms. The molecule has 0 bridgehead atoms. The van der Waals surface area contributed by atoms with Crippen molar-refractivity contribution >= 4 is 0 Å². The van der Waals surface area contributed by atoms with Gasteiger partial charge in [0.25, 0.3) is 0 Å². The molecule has 0 heterocycles. The molecule has 0 N–H and O–H groups in total. The minimum absolute atomic E-state index is 0.977. The lowest BCUT2D eigenvalue weighted by molar-refractivity contribution is 1.11. The van der Waals surface area contributed by atoms with Gasteiger partial charge in [0.15, 0.2) is 0 Å². The maximum atomic E-state index is 2.30. The van der Waals surface area contributed by atoms with E-state index in [1.165, 1.54) is 55.6 Å². The van der Waals surface area contributed by atoms with Crippen molar-refractivity contribution in [2.75, 3.05) is 0 Å². The summed E-state index contributed by atoms with van der Waals surface area (Å²) < 4.78 is 0. The van der Waals surface area contributed by atoms with E-state index in [9.17, 15) is 0 Å². The fourth-order valence-corrected chi connectivity index (χ4v) is 5.04. The predicted molar refractivity (Wildman–Crippen MR) is 142 cm³/mol. The zero-order valence-corrected chi connectivity index (χ0v) is 19.3. The first-order valence-electron chi connectivity index (χ1n) is 11.7. The lowest BCUT2D eigenvalue weighted by Crippen LogP contribution is -2.03. The minimum atomic E-state index is 0.977. The summed E-state index contributed by atoms with van der Waals surface area (Å²) >= 11 is 0. The molecule has 0 saturated carbocycles. The maximum absolute atomic E-state index is 2.30. The molecule has 0 aliphatic rings. The lowest BCUT2D eigenvalue weighted by Gasteiger charge is -2.26. The second kappa shape index (κ2) is 9.30. The van der Waals surface area contributed by atoms with Gasteiger partial charge in [-0.15, -0.1) is 0 Å². The first kappa shape index (κ1) is 21.0. The monoisotopic (exact) mass is 424 g/mol. The summed E-state index contributed by atoms with van der Waals surface area (Å²) in [5, 5.41) is 0. The van der Waals surface area contributed by atoms with Gasteiger partial charge in [-0.1, -0.05) is 128 Å². The second-order valence-electron chi connectivity index (χ2n) is 8.42. The Morgan fingerprint density at radius 2 is 0.697 bits per heavy atom. The highest BCUT2D eigenvalue weighted by Crippen LogP contribution is 2.49. The molecular weight excluding hydrogens is 396 g/mol. The van der Waals surface area contributed by atoms with Gasteiger partial charge in [-0.05, 0) is 69.0 Å². The molecule has 0 heteroatoms. The summed E-state index contributed by atoms with van der Waals surface area (Å²) in [7, 11) is 0. The third-order valence-corrected chi connectivity index (χ3v) is 6.48. The van der Waals surface area contributed by atoms with Crippen LogP contribution in [0, 0.1) is 6.92 Å². The Balaban J connectivity index is 2.03. The summed E-state index contributed by atoms with van der Waals surface area (Å²) in [6, 6.07) is 43.5. The van der Waals surface area contributed by atoms with Crippen LogP contribution in [-0.2, 0) is 6.42 Å². The Labute approximate surface area is 197 Å². The van der Waals surface area contributed by atoms with E-state index in [1.54, 1.807) is 0 Å². The molecule has 33 heavy (non-hydrogen) atoms. The fraction of sp³-hybridized carbons (Fsp3) is 0.0909. The number of hydrogen-bond donors (Lipinski definition) is 0. The highest BCUT2D eigenvalue weighted by Gasteiger charge is 2.24. The molecule has 5 aromatic rings. The summed E-state index contributed by atoms with van der Waals surface area (Å²) in [6.45, 7) is 4.58. The molecule has 0 aliphatic heterocycles. The number of benzene rings is 5. The standard InChI is InChI=1S/C33H28/c1-3-29-24(2)30(25-16-8-4-9-17-25)32(27-20-12-6-13-21-27)33(28-22-14-7-15-23-28)31(29)26-18-10-5-11-19-26/h4-23H,3H2,1-2H3. The summed E-state index contributed by atoms with van der Waals surface area (Å²) in [6.07, 6.45) is 0.977. The topological polar surface area (TPSA) is 0 Å². The molecule has 0 aromatic heterocycles. The van der Waals surface area contributed by atoms with Gasteiger partial charge in [0.1, 0.15) is 0 Å². The third-order valence-electron chi connectivity index (χ3n) is 6.48. The van der Waals surface area contributed by atoms with Crippen molar-refractivity contribution < 1.29 is 0 Å². The van der Waals surface area contributed by atoms with Crippen LogP contribution in [0.15, 0.2) is 121 Å². The van der Waals surface area contributed by atoms with Crippen molar-refractivity contribution in [3.05, 3.63) is 132 Å². The highest BCUT2D eigenvalue weighted by molar-refractivity contribution is 6.04. The molecule has 160 valence electrons. The smallest absolute Gasteiger partial charge is 0.00176 e. The first-order chi connectivity index (χ1) is 16.3. The molecule has 0 atom stereocenters. The van der Waals surface area contributed by atoms with Crippen molar-refractivity contribution in [1.82, 2.24) is 0 Å². The van der Waals surface area contributed by atoms with Gasteiger partial charge in [0.05, 0.1) is 0 Å². The zero-order valence-electron chi connectivity index (χ0n) is 19.3. The average Bonchev–Trinajstić information content (AvgIpc) is 2.90. The SMILES string of the molecule is CCc1c(C)c(-c2ccccc2)c(-c2ccccc2)c(-c2ccccc2)c1-c1ccccc1. The van der Waals surface area contributed by atoms with Gasteiger partial charge >= 0.3 is 0 Å². The summed E-state index contributed by atoms with van der Waals surface area (Å²) in [5.41, 5.74) is 13.1. The van der Waals surface area contributed by atoms with Crippen LogP contribution in [0.4, 0.5) is 0 Å². The Bertz CT molecular complexity index is 1350. The minimum Gasteiger partial charge on any atom is -0.0622 e. The van der Waals surface area contributed by atoms with E-state index in [2.05, 4.69) is 135 Å². The van der Waals surface area contributed by atoms with Gasteiger partial charge in [0, 0.05) is 0 Å². The molecule has 0 aliphatic carbocycles. The Morgan fingerprint density at radius 1 is 0.394 bits per heavy atom. The average molecular weight is 425 g/mol. The van der Waals surface area contributed by atoms with Crippen molar-refractivity contribution in [3.63, 3.8) is 0 Å². The highest BCUT2D eigenvalue weighted by atomic mass is 14.3. The van der Waals surface area contributed by atoms with E-state index in [0.717, 1.165) is 6.42 Å². The van der Waals surface area contributed by atoms with Crippen molar-refractivity contribution in [2.24, 2.45) is 0 Å². The van der Waals surface area contributed by atoms with Crippen LogP contribution in [0.3, 0.4) is 0 Å². The summed E-state index contributed by atoms with van der Waals surface area (Å²) in [4.78, 5) is 0. The van der Waals surface area contributed by atoms with Crippen molar-refractivity contribution in [1.29, 1.82) is 0 Å². The van der Waals surface area contributed by atoms with Crippen LogP contribution in [0.25, 0.3) is 44.5 Å². The van der Waals surface area contributed by atoms with E-state index in [1.807, 2.05) is 0 Å². The fourth-order valence-electron chi connectivity index (χ4n) is 5.04. The van der Waals surface area contributed by atoms with Crippen LogP contribution in [0.5, 0.6) is 0 Å². The maximum Gasteiger partial charge on any atom is -0.00176 e. The van der Waals surface area contributed by atoms with Crippen LogP contribution in [-0.4, -0.2) is 0 Å². The van der Waals surface area contributed by atoms with E-state index in [4.69, 9.17) is 0 Å². The molecule has 5 aromatic carbocycles. The number of hydrogen-bond acceptors (Lipinski definition) is 0. The molecule has 0 saturated heterocycles. The van der Waals surface area contributed by atoms with Gasteiger partial charge in [-0.2, -0.15) is 0 Å². The van der Waals surface area contributed by atoms with Crippen LogP contribution in [0.1, 0.15) is 18.1 Å². The third kappa shape index (κ3) is 3.90. The second-order valence-corrected chi connectivity index (χ2v) is 8.42. The van der Waals surface area contributed by atoms with Gasteiger partial charge in [-0.25, -0.2) is 0 Å². The lowest BCUT2D eigenvalue weighted by atomic mass is 9.77. The van der Waals surface area contributed by atoms with Gasteiger partial charge in [-0.3, -0.25) is 0 Å². The van der Waals surface area contributed by atoms with Crippen molar-refractivity contribution in [3.8, 4) is 44.5 Å². The predicted octanol–water partition coefficient (Wildman–Crippen LogP) is 9.23. The van der Waals surface area contributed by atoms with E-state index >= 15 is 0 Å². The number of rotatable bonds is 5. The Kier molecular flexibility index (Phi) is 5.91. The molecule has 0 unspecified atom stereocenters.